The van der Waals surface area contributed by atoms with Crippen molar-refractivity contribution in [3.8, 4) is 17.2 Å². The van der Waals surface area contributed by atoms with Crippen LogP contribution in [0.4, 0.5) is 0 Å². The van der Waals surface area contributed by atoms with Gasteiger partial charge in [0, 0.05) is 17.5 Å². The summed E-state index contributed by atoms with van der Waals surface area (Å²) in [5.74, 6) is 1.58. The fraction of sp³-hybridized carbons (Fsp3) is 0.0625. The number of carbonyl (C=O) groups excluding carboxylic acids is 1. The number of benzene rings is 2. The molecule has 0 saturated heterocycles. The van der Waals surface area contributed by atoms with Gasteiger partial charge in [-0.25, -0.2) is 0 Å². The van der Waals surface area contributed by atoms with Gasteiger partial charge in [-0.15, -0.1) is 0 Å². The van der Waals surface area contributed by atoms with Crippen LogP contribution in [0.15, 0.2) is 47.1 Å². The Kier molecular flexibility index (Phi) is 3.96. The number of rotatable bonds is 4. The van der Waals surface area contributed by atoms with Gasteiger partial charge in [-0.2, -0.15) is 0 Å². The van der Waals surface area contributed by atoms with Gasteiger partial charge in [-0.05, 0) is 35.9 Å². The molecule has 0 bridgehead atoms. The second-order valence-electron chi connectivity index (χ2n) is 4.48. The highest BCUT2D eigenvalue weighted by atomic mass is 35.5. The van der Waals surface area contributed by atoms with E-state index >= 15 is 0 Å². The molecule has 0 N–H and O–H groups in total. The van der Waals surface area contributed by atoms with E-state index in [2.05, 4.69) is 0 Å². The number of halogens is 2. The molecule has 3 aromatic rings. The van der Waals surface area contributed by atoms with Crippen molar-refractivity contribution in [2.45, 2.75) is 0 Å². The van der Waals surface area contributed by atoms with E-state index in [4.69, 9.17) is 37.1 Å². The zero-order valence-corrected chi connectivity index (χ0v) is 12.9. The molecule has 22 heavy (non-hydrogen) atoms. The summed E-state index contributed by atoms with van der Waals surface area (Å²) in [6.07, 6.45) is 1.57. The van der Waals surface area contributed by atoms with Crippen molar-refractivity contribution in [2.24, 2.45) is 0 Å². The van der Waals surface area contributed by atoms with Crippen LogP contribution in [0, 0.1) is 0 Å². The topological polar surface area (TPSA) is 48.7 Å². The first kappa shape index (κ1) is 14.8. The predicted molar refractivity (Wildman–Crippen MR) is 84.5 cm³/mol. The number of fused-ring (bicyclic) bond motifs is 1. The molecule has 112 valence electrons. The van der Waals surface area contributed by atoms with Crippen LogP contribution in [-0.2, 0) is 0 Å². The van der Waals surface area contributed by atoms with Crippen LogP contribution >= 0.6 is 23.2 Å². The molecule has 0 aliphatic carbocycles. The number of carbonyl (C=O) groups is 1. The van der Waals surface area contributed by atoms with Gasteiger partial charge in [-0.1, -0.05) is 11.6 Å². The number of hydrogen-bond acceptors (Lipinski definition) is 4. The fourth-order valence-corrected chi connectivity index (χ4v) is 2.53. The number of methoxy groups -OCH3 is 1. The molecule has 0 unspecified atom stereocenters. The van der Waals surface area contributed by atoms with E-state index < -0.39 is 5.24 Å². The zero-order valence-electron chi connectivity index (χ0n) is 11.4. The lowest BCUT2D eigenvalue weighted by Gasteiger charge is -2.09. The second kappa shape index (κ2) is 5.91. The van der Waals surface area contributed by atoms with E-state index in [1.165, 1.54) is 12.1 Å². The van der Waals surface area contributed by atoms with Crippen molar-refractivity contribution in [3.05, 3.63) is 53.2 Å². The Morgan fingerprint density at radius 1 is 1.14 bits per heavy atom. The average molecular weight is 337 g/mol. The standard InChI is InChI=1S/C16H10Cl2O4/c1-20-11-6-9-4-5-21-15(9)14(8-11)22-10-2-3-12(16(18)19)13(17)7-10/h2-8H,1H3. The van der Waals surface area contributed by atoms with Crippen molar-refractivity contribution >= 4 is 39.4 Å². The second-order valence-corrected chi connectivity index (χ2v) is 5.23. The van der Waals surface area contributed by atoms with Crippen molar-refractivity contribution in [1.29, 1.82) is 0 Å². The molecular weight excluding hydrogens is 327 g/mol. The van der Waals surface area contributed by atoms with Gasteiger partial charge in [0.1, 0.15) is 11.5 Å². The monoisotopic (exact) mass is 336 g/mol. The van der Waals surface area contributed by atoms with Gasteiger partial charge < -0.3 is 13.9 Å². The molecule has 0 fully saturated rings. The highest BCUT2D eigenvalue weighted by Crippen LogP contribution is 2.36. The van der Waals surface area contributed by atoms with Gasteiger partial charge in [-0.3, -0.25) is 4.79 Å². The van der Waals surface area contributed by atoms with E-state index in [1.54, 1.807) is 25.5 Å². The number of furan rings is 1. The average Bonchev–Trinajstić information content (AvgIpc) is 2.95. The van der Waals surface area contributed by atoms with Crippen LogP contribution in [0.3, 0.4) is 0 Å². The van der Waals surface area contributed by atoms with Crippen LogP contribution in [0.25, 0.3) is 11.0 Å². The largest absolute Gasteiger partial charge is 0.497 e. The Labute approximate surface area is 136 Å². The summed E-state index contributed by atoms with van der Waals surface area (Å²) in [4.78, 5) is 11.2. The molecule has 2 aromatic carbocycles. The molecule has 0 aliphatic rings. The van der Waals surface area contributed by atoms with E-state index in [0.29, 0.717) is 22.8 Å². The third kappa shape index (κ3) is 2.75. The highest BCUT2D eigenvalue weighted by Gasteiger charge is 2.12. The molecule has 0 spiro atoms. The first-order chi connectivity index (χ1) is 10.6. The molecule has 0 amide bonds. The summed E-state index contributed by atoms with van der Waals surface area (Å²) in [5, 5.41) is 0.454. The molecule has 1 heterocycles. The van der Waals surface area contributed by atoms with Gasteiger partial charge in [0.05, 0.1) is 24.0 Å². The molecule has 0 atom stereocenters. The molecule has 4 nitrogen and oxygen atoms in total. The SMILES string of the molecule is COc1cc(Oc2ccc(C(=O)Cl)c(Cl)c2)c2occc2c1. The first-order valence-corrected chi connectivity index (χ1v) is 7.06. The maximum absolute atomic E-state index is 11.2. The van der Waals surface area contributed by atoms with Gasteiger partial charge in [0.15, 0.2) is 11.3 Å². The van der Waals surface area contributed by atoms with Gasteiger partial charge in [0.2, 0.25) is 0 Å². The number of hydrogen-bond donors (Lipinski definition) is 0. The molecular formula is C16H10Cl2O4. The smallest absolute Gasteiger partial charge is 0.253 e. The lowest BCUT2D eigenvalue weighted by molar-refractivity contribution is 0.108. The Morgan fingerprint density at radius 3 is 2.64 bits per heavy atom. The molecule has 0 aliphatic heterocycles. The zero-order chi connectivity index (χ0) is 15.7. The lowest BCUT2D eigenvalue weighted by Crippen LogP contribution is -1.92. The normalized spacial score (nSPS) is 10.7. The predicted octanol–water partition coefficient (Wildman–Crippen LogP) is 5.27. The van der Waals surface area contributed by atoms with Crippen LogP contribution in [0.2, 0.25) is 5.02 Å². The molecule has 0 saturated carbocycles. The third-order valence-corrected chi connectivity index (χ3v) is 3.62. The fourth-order valence-electron chi connectivity index (χ4n) is 2.06. The first-order valence-electron chi connectivity index (χ1n) is 6.31. The maximum Gasteiger partial charge on any atom is 0.253 e. The van der Waals surface area contributed by atoms with Crippen molar-refractivity contribution in [1.82, 2.24) is 0 Å². The third-order valence-electron chi connectivity index (χ3n) is 3.11. The van der Waals surface area contributed by atoms with Crippen LogP contribution in [0.1, 0.15) is 10.4 Å². The summed E-state index contributed by atoms with van der Waals surface area (Å²) in [6.45, 7) is 0. The Morgan fingerprint density at radius 2 is 1.95 bits per heavy atom. The summed E-state index contributed by atoms with van der Waals surface area (Å²) in [7, 11) is 1.57. The quantitative estimate of drug-likeness (QED) is 0.609. The van der Waals surface area contributed by atoms with Gasteiger partial charge >= 0.3 is 0 Å². The van der Waals surface area contributed by atoms with Crippen LogP contribution < -0.4 is 9.47 Å². The molecule has 6 heteroatoms. The highest BCUT2D eigenvalue weighted by molar-refractivity contribution is 6.68. The minimum absolute atomic E-state index is 0.219. The molecule has 1 aromatic heterocycles. The van der Waals surface area contributed by atoms with Crippen molar-refractivity contribution in [2.75, 3.05) is 7.11 Å². The van der Waals surface area contributed by atoms with Crippen LogP contribution in [-0.4, -0.2) is 12.4 Å². The summed E-state index contributed by atoms with van der Waals surface area (Å²) >= 11 is 11.4. The Hall–Kier alpha value is -2.17. The lowest BCUT2D eigenvalue weighted by atomic mass is 10.2. The molecule has 0 radical (unpaired) electrons. The summed E-state index contributed by atoms with van der Waals surface area (Å²) in [5.41, 5.74) is 0.818. The van der Waals surface area contributed by atoms with Gasteiger partial charge in [0.25, 0.3) is 5.24 Å². The van der Waals surface area contributed by atoms with Crippen molar-refractivity contribution in [3.63, 3.8) is 0 Å². The Balaban J connectivity index is 2.01. The van der Waals surface area contributed by atoms with Crippen molar-refractivity contribution < 1.29 is 18.7 Å². The van der Waals surface area contributed by atoms with Crippen LogP contribution in [0.5, 0.6) is 17.2 Å². The maximum atomic E-state index is 11.2. The van der Waals surface area contributed by atoms with E-state index in [9.17, 15) is 4.79 Å². The minimum Gasteiger partial charge on any atom is -0.497 e. The minimum atomic E-state index is -0.619. The van der Waals surface area contributed by atoms with E-state index in [0.717, 1.165) is 5.39 Å². The summed E-state index contributed by atoms with van der Waals surface area (Å²) < 4.78 is 16.5. The Bertz CT molecular complexity index is 854. The number of ether oxygens (including phenoxy) is 2. The molecule has 3 rings (SSSR count). The summed E-state index contributed by atoms with van der Waals surface area (Å²) in [6, 6.07) is 9.99. The van der Waals surface area contributed by atoms with E-state index in [1.807, 2.05) is 12.1 Å². The van der Waals surface area contributed by atoms with E-state index in [-0.39, 0.29) is 10.6 Å².